The van der Waals surface area contributed by atoms with E-state index in [1.165, 1.54) is 38.5 Å². The summed E-state index contributed by atoms with van der Waals surface area (Å²) in [5.41, 5.74) is 0. The number of hydrogen-bond donors (Lipinski definition) is 4. The lowest BCUT2D eigenvalue weighted by Crippen LogP contribution is -2.29. The standard InChI is InChI=1S/C85H136O16P2/c1-4-7-10-13-16-19-22-25-28-31-34-36-37-38-39-40-41-43-46-47-50-53-56-59-62-65-68-71-83(88)95-74-80(86)75-97-102(91,92)98-76-81(87)77-99-103(93,94)100-79-82(101-85(90)73-70-67-64-61-58-55-52-49-44-33-30-27-24-21-18-15-12-9-6-3)78-96-84(89)72-69-66-63-60-57-54-51-48-45-42-35-32-29-26-23-20-17-14-11-8-5-2/h7,9-10,12,16-21,25-30,34-36,38-39,41-44,48-49,51,55,58,64,67,80-82,86-87H,4-6,8,11,13-15,22-24,31-33,37,40,45-47,50,52-54,56-57,59-63,65-66,68-79H2,1-3H3,(H,91,92)(H,93,94)/b10-7-,12-9-,19-16-,20-17-,21-18-,28-25-,29-26-,30-27-,36-34-,39-38-,42-35-,43-41-,49-44-,51-48-,58-55-,67-64-. The number of rotatable bonds is 71. The van der Waals surface area contributed by atoms with Crippen molar-refractivity contribution in [3.8, 4) is 0 Å². The fourth-order valence-electron chi connectivity index (χ4n) is 9.46. The lowest BCUT2D eigenvalue weighted by Gasteiger charge is -2.21. The maximum Gasteiger partial charge on any atom is 0.472 e. The summed E-state index contributed by atoms with van der Waals surface area (Å²) in [6, 6.07) is 0. The second kappa shape index (κ2) is 76.1. The zero-order valence-corrected chi connectivity index (χ0v) is 65.2. The summed E-state index contributed by atoms with van der Waals surface area (Å²) in [6.45, 7) is 2.27. The van der Waals surface area contributed by atoms with Crippen LogP contribution in [0.1, 0.15) is 265 Å². The van der Waals surface area contributed by atoms with Gasteiger partial charge < -0.3 is 34.2 Å². The summed E-state index contributed by atoms with van der Waals surface area (Å²) in [5, 5.41) is 20.6. The molecule has 0 amide bonds. The van der Waals surface area contributed by atoms with Gasteiger partial charge in [-0.2, -0.15) is 0 Å². The van der Waals surface area contributed by atoms with Crippen molar-refractivity contribution in [2.24, 2.45) is 0 Å². The molecule has 0 aromatic heterocycles. The molecule has 0 fully saturated rings. The Labute approximate surface area is 623 Å². The first kappa shape index (κ1) is 97.4. The van der Waals surface area contributed by atoms with Crippen molar-refractivity contribution in [1.29, 1.82) is 0 Å². The second-order valence-corrected chi connectivity index (χ2v) is 27.9. The molecule has 582 valence electrons. The minimum absolute atomic E-state index is 0.0330. The molecule has 16 nitrogen and oxygen atoms in total. The third-order valence-corrected chi connectivity index (χ3v) is 17.2. The Bertz CT molecular complexity index is 2650. The first-order valence-electron chi connectivity index (χ1n) is 38.7. The van der Waals surface area contributed by atoms with Crippen LogP contribution < -0.4 is 0 Å². The third-order valence-electron chi connectivity index (χ3n) is 15.3. The van der Waals surface area contributed by atoms with Crippen molar-refractivity contribution in [2.75, 3.05) is 39.6 Å². The van der Waals surface area contributed by atoms with Gasteiger partial charge in [-0.1, -0.05) is 286 Å². The van der Waals surface area contributed by atoms with Gasteiger partial charge in [0.2, 0.25) is 0 Å². The Morgan fingerprint density at radius 2 is 0.534 bits per heavy atom. The van der Waals surface area contributed by atoms with Gasteiger partial charge in [-0.15, -0.1) is 0 Å². The minimum Gasteiger partial charge on any atom is -0.463 e. The molecule has 0 heterocycles. The summed E-state index contributed by atoms with van der Waals surface area (Å²) in [7, 11) is -9.84. The first-order valence-corrected chi connectivity index (χ1v) is 41.7. The zero-order chi connectivity index (χ0) is 75.2. The Kier molecular flexibility index (Phi) is 71.9. The van der Waals surface area contributed by atoms with Crippen LogP contribution in [0.3, 0.4) is 0 Å². The summed E-state index contributed by atoms with van der Waals surface area (Å²) < 4.78 is 61.0. The van der Waals surface area contributed by atoms with E-state index < -0.39 is 91.5 Å². The van der Waals surface area contributed by atoms with Crippen LogP contribution in [0.25, 0.3) is 0 Å². The fraction of sp³-hybridized carbons (Fsp3) is 0.588. The topological polar surface area (TPSA) is 231 Å². The number of esters is 3. The molecule has 0 bridgehead atoms. The normalized spacial score (nSPS) is 15.1. The van der Waals surface area contributed by atoms with Crippen molar-refractivity contribution in [2.45, 2.75) is 283 Å². The summed E-state index contributed by atoms with van der Waals surface area (Å²) in [6.07, 6.45) is 99.1. The van der Waals surface area contributed by atoms with Gasteiger partial charge in [0.05, 0.1) is 26.4 Å². The number of aliphatic hydroxyl groups is 2. The van der Waals surface area contributed by atoms with E-state index in [2.05, 4.69) is 197 Å². The highest BCUT2D eigenvalue weighted by Gasteiger charge is 2.29. The highest BCUT2D eigenvalue weighted by molar-refractivity contribution is 7.47. The SMILES string of the molecule is CC/C=C\C/C=C\C/C=C\C/C=C\C/C=C\C/C=C\CCCCCCCCCCC(=O)OCC(O)COP(=O)(O)OCC(O)COP(=O)(O)OCC(COC(=O)CCCCCCC/C=C\C/C=C\C/C=C\C/C=C\CCCCC)OC(=O)CC/C=C\C/C=C\C/C=C\C/C=C\C/C=C\C/C=C\CC. The van der Waals surface area contributed by atoms with Gasteiger partial charge in [-0.05, 0) is 154 Å². The molecule has 4 N–H and O–H groups in total. The highest BCUT2D eigenvalue weighted by atomic mass is 31.2. The van der Waals surface area contributed by atoms with Crippen LogP contribution in [0.4, 0.5) is 0 Å². The summed E-state index contributed by atoms with van der Waals surface area (Å²) in [5.74, 6) is -1.72. The van der Waals surface area contributed by atoms with Crippen LogP contribution in [0, 0.1) is 0 Å². The predicted molar refractivity (Wildman–Crippen MR) is 426 cm³/mol. The van der Waals surface area contributed by atoms with Gasteiger partial charge in [0, 0.05) is 19.3 Å². The molecule has 0 saturated heterocycles. The molecular formula is C85H136O16P2. The summed E-state index contributed by atoms with van der Waals surface area (Å²) >= 11 is 0. The van der Waals surface area contributed by atoms with Crippen molar-refractivity contribution < 1.29 is 75.8 Å². The lowest BCUT2D eigenvalue weighted by atomic mass is 10.1. The minimum atomic E-state index is -4.97. The molecular weight excluding hydrogens is 1340 g/mol. The van der Waals surface area contributed by atoms with E-state index in [9.17, 15) is 43.5 Å². The fourth-order valence-corrected chi connectivity index (χ4v) is 11.0. The Morgan fingerprint density at radius 3 is 0.854 bits per heavy atom. The highest BCUT2D eigenvalue weighted by Crippen LogP contribution is 2.45. The summed E-state index contributed by atoms with van der Waals surface area (Å²) in [4.78, 5) is 58.6. The molecule has 0 radical (unpaired) electrons. The van der Waals surface area contributed by atoms with Gasteiger partial charge in [-0.3, -0.25) is 32.5 Å². The molecule has 5 atom stereocenters. The number of phosphoric acid groups is 2. The molecule has 0 saturated carbocycles. The molecule has 5 unspecified atom stereocenters. The van der Waals surface area contributed by atoms with E-state index in [0.29, 0.717) is 25.7 Å². The van der Waals surface area contributed by atoms with Crippen molar-refractivity contribution in [3.05, 3.63) is 194 Å². The van der Waals surface area contributed by atoms with E-state index in [0.717, 1.165) is 161 Å². The van der Waals surface area contributed by atoms with E-state index in [4.69, 9.17) is 32.3 Å². The maximum absolute atomic E-state index is 12.9. The van der Waals surface area contributed by atoms with Crippen LogP contribution in [0.15, 0.2) is 194 Å². The number of ether oxygens (including phenoxy) is 3. The smallest absolute Gasteiger partial charge is 0.463 e. The Balaban J connectivity index is 4.74. The van der Waals surface area contributed by atoms with Crippen LogP contribution in [0.2, 0.25) is 0 Å². The zero-order valence-electron chi connectivity index (χ0n) is 63.4. The number of carbonyl (C=O) groups is 3. The van der Waals surface area contributed by atoms with Crippen molar-refractivity contribution in [1.82, 2.24) is 0 Å². The van der Waals surface area contributed by atoms with Crippen LogP contribution >= 0.6 is 15.6 Å². The number of carbonyl (C=O) groups excluding carboxylic acids is 3. The average molecular weight is 1480 g/mol. The Hall–Kier alpha value is -5.61. The molecule has 0 aromatic rings. The number of allylic oxidation sites excluding steroid dienone is 32. The van der Waals surface area contributed by atoms with E-state index in [1.807, 2.05) is 18.2 Å². The molecule has 0 spiro atoms. The largest absolute Gasteiger partial charge is 0.472 e. The monoisotopic (exact) mass is 1470 g/mol. The number of unbranched alkanes of at least 4 members (excludes halogenated alkanes) is 16. The molecule has 0 aromatic carbocycles. The molecule has 0 aliphatic carbocycles. The quantitative estimate of drug-likeness (QED) is 0.0146. The Morgan fingerprint density at radius 1 is 0.282 bits per heavy atom. The number of hydrogen-bond acceptors (Lipinski definition) is 14. The van der Waals surface area contributed by atoms with E-state index in [1.54, 1.807) is 0 Å². The lowest BCUT2D eigenvalue weighted by molar-refractivity contribution is -0.161. The van der Waals surface area contributed by atoms with Gasteiger partial charge >= 0.3 is 33.6 Å². The van der Waals surface area contributed by atoms with Gasteiger partial charge in [0.15, 0.2) is 6.10 Å². The van der Waals surface area contributed by atoms with Gasteiger partial charge in [0.1, 0.15) is 25.4 Å². The number of aliphatic hydroxyl groups excluding tert-OH is 2. The van der Waals surface area contributed by atoms with Crippen LogP contribution in [0.5, 0.6) is 0 Å². The molecule has 0 rings (SSSR count). The second-order valence-electron chi connectivity index (χ2n) is 25.0. The van der Waals surface area contributed by atoms with Crippen LogP contribution in [-0.2, 0) is 55.8 Å². The number of phosphoric ester groups is 2. The third kappa shape index (κ3) is 77.3. The van der Waals surface area contributed by atoms with Crippen LogP contribution in [-0.4, -0.2) is 95.9 Å². The molecule has 0 aliphatic rings. The first-order chi connectivity index (χ1) is 50.2. The van der Waals surface area contributed by atoms with E-state index in [-0.39, 0.29) is 19.3 Å². The maximum atomic E-state index is 12.9. The van der Waals surface area contributed by atoms with E-state index >= 15 is 0 Å². The molecule has 18 heteroatoms. The molecule has 103 heavy (non-hydrogen) atoms. The molecule has 0 aliphatic heterocycles. The van der Waals surface area contributed by atoms with Crippen molar-refractivity contribution in [3.63, 3.8) is 0 Å². The average Bonchev–Trinajstić information content (AvgIpc) is 0.923. The van der Waals surface area contributed by atoms with Gasteiger partial charge in [0.25, 0.3) is 0 Å². The van der Waals surface area contributed by atoms with Crippen molar-refractivity contribution >= 4 is 33.6 Å². The predicted octanol–water partition coefficient (Wildman–Crippen LogP) is 22.8. The van der Waals surface area contributed by atoms with Gasteiger partial charge in [-0.25, -0.2) is 9.13 Å².